The van der Waals surface area contributed by atoms with Gasteiger partial charge in [0.2, 0.25) is 0 Å². The minimum Gasteiger partial charge on any atom is -0.344 e. The number of carbonyl (C=O) groups is 1. The number of rotatable bonds is 4. The largest absolute Gasteiger partial charge is 0.344 e. The van der Waals surface area contributed by atoms with Gasteiger partial charge in [0, 0.05) is 29.3 Å². The van der Waals surface area contributed by atoms with Gasteiger partial charge in [0.05, 0.1) is 33.7 Å². The number of amides is 1. The monoisotopic (exact) mass is 530 g/mol. The van der Waals surface area contributed by atoms with E-state index in [9.17, 15) is 9.59 Å². The molecule has 0 saturated carbocycles. The van der Waals surface area contributed by atoms with Gasteiger partial charge in [-0.05, 0) is 55.5 Å². The zero-order chi connectivity index (χ0) is 26.9. The van der Waals surface area contributed by atoms with Gasteiger partial charge in [0.25, 0.3) is 11.5 Å². The Morgan fingerprint density at radius 1 is 1.08 bits per heavy atom. The van der Waals surface area contributed by atoms with E-state index in [0.29, 0.717) is 39.2 Å². The van der Waals surface area contributed by atoms with Crippen molar-refractivity contribution in [3.8, 4) is 17.5 Å². The van der Waals surface area contributed by atoms with E-state index in [0.717, 1.165) is 10.3 Å². The molecule has 0 aliphatic carbocycles. The molecule has 1 atom stereocenters. The zero-order valence-corrected chi connectivity index (χ0v) is 21.9. The van der Waals surface area contributed by atoms with E-state index < -0.39 is 6.04 Å². The Labute approximate surface area is 227 Å². The van der Waals surface area contributed by atoms with E-state index in [-0.39, 0.29) is 11.5 Å². The van der Waals surface area contributed by atoms with E-state index in [4.69, 9.17) is 0 Å². The molecule has 0 aliphatic heterocycles. The second-order valence-corrected chi connectivity index (χ2v) is 9.86. The molecule has 2 aromatic carbocycles. The van der Waals surface area contributed by atoms with Crippen molar-refractivity contribution in [2.45, 2.75) is 19.9 Å². The van der Waals surface area contributed by atoms with Crippen molar-refractivity contribution in [2.75, 3.05) is 0 Å². The van der Waals surface area contributed by atoms with Gasteiger partial charge in [-0.15, -0.1) is 11.3 Å². The molecule has 0 radical (unpaired) electrons. The molecule has 190 valence electrons. The Bertz CT molecular complexity index is 1960. The number of nitrogens with zero attached hydrogens (tertiary/aromatic N) is 5. The third-order valence-electron chi connectivity index (χ3n) is 6.43. The molecule has 0 unspecified atom stereocenters. The average Bonchev–Trinajstić information content (AvgIpc) is 3.59. The summed E-state index contributed by atoms with van der Waals surface area (Å²) in [6.45, 7) is 3.64. The van der Waals surface area contributed by atoms with E-state index in [2.05, 4.69) is 32.2 Å². The molecule has 0 fully saturated rings. The van der Waals surface area contributed by atoms with Crippen molar-refractivity contribution in [1.29, 1.82) is 0 Å². The number of para-hydroxylation sites is 1. The number of hydrogen-bond acceptors (Lipinski definition) is 6. The van der Waals surface area contributed by atoms with Crippen LogP contribution in [0.4, 0.5) is 0 Å². The van der Waals surface area contributed by atoms with Gasteiger partial charge >= 0.3 is 0 Å². The summed E-state index contributed by atoms with van der Waals surface area (Å²) in [4.78, 5) is 36.8. The molecule has 0 saturated heterocycles. The summed E-state index contributed by atoms with van der Waals surface area (Å²) in [5.74, 6) is 5.94. The molecule has 6 aromatic rings. The maximum atomic E-state index is 14.1. The second kappa shape index (κ2) is 10.0. The molecule has 4 aromatic heterocycles. The van der Waals surface area contributed by atoms with Gasteiger partial charge in [0.15, 0.2) is 5.65 Å². The van der Waals surface area contributed by atoms with Crippen LogP contribution in [-0.2, 0) is 0 Å². The van der Waals surface area contributed by atoms with Crippen LogP contribution < -0.4 is 10.9 Å². The summed E-state index contributed by atoms with van der Waals surface area (Å²) >= 11 is 1.45. The third kappa shape index (κ3) is 4.47. The normalized spacial score (nSPS) is 11.7. The highest BCUT2D eigenvalue weighted by Gasteiger charge is 2.23. The highest BCUT2D eigenvalue weighted by Crippen LogP contribution is 2.24. The van der Waals surface area contributed by atoms with Gasteiger partial charge in [-0.3, -0.25) is 19.1 Å². The lowest BCUT2D eigenvalue weighted by atomic mass is 10.0. The fourth-order valence-electron chi connectivity index (χ4n) is 4.66. The fourth-order valence-corrected chi connectivity index (χ4v) is 5.13. The number of thiazole rings is 1. The summed E-state index contributed by atoms with van der Waals surface area (Å²) in [7, 11) is 0. The first-order valence-corrected chi connectivity index (χ1v) is 13.1. The number of nitrogens with one attached hydrogen (secondary N) is 1. The Kier molecular flexibility index (Phi) is 6.23. The van der Waals surface area contributed by atoms with Crippen molar-refractivity contribution >= 4 is 33.7 Å². The lowest BCUT2D eigenvalue weighted by molar-refractivity contribution is 0.0939. The van der Waals surface area contributed by atoms with Gasteiger partial charge in [0.1, 0.15) is 5.56 Å². The van der Waals surface area contributed by atoms with Crippen LogP contribution in [0.5, 0.6) is 0 Å². The van der Waals surface area contributed by atoms with Crippen LogP contribution >= 0.6 is 11.3 Å². The minimum absolute atomic E-state index is 0.210. The molecular weight excluding hydrogens is 508 g/mol. The van der Waals surface area contributed by atoms with Crippen LogP contribution in [0, 0.1) is 18.8 Å². The zero-order valence-electron chi connectivity index (χ0n) is 21.1. The molecule has 0 spiro atoms. The number of pyridine rings is 1. The summed E-state index contributed by atoms with van der Waals surface area (Å²) in [6.07, 6.45) is 5.08. The van der Waals surface area contributed by atoms with Crippen molar-refractivity contribution < 1.29 is 4.79 Å². The number of aromatic nitrogens is 5. The van der Waals surface area contributed by atoms with Gasteiger partial charge < -0.3 is 5.32 Å². The Hall–Kier alpha value is -5.07. The van der Waals surface area contributed by atoms with Gasteiger partial charge in [-0.25, -0.2) is 9.50 Å². The Morgan fingerprint density at radius 2 is 1.92 bits per heavy atom. The van der Waals surface area contributed by atoms with Crippen molar-refractivity contribution in [2.24, 2.45) is 0 Å². The maximum Gasteiger partial charge on any atom is 0.264 e. The molecule has 8 nitrogen and oxygen atoms in total. The van der Waals surface area contributed by atoms with E-state index in [1.807, 2.05) is 61.5 Å². The first kappa shape index (κ1) is 24.3. The van der Waals surface area contributed by atoms with E-state index >= 15 is 0 Å². The number of carbonyl (C=O) groups excluding carboxylic acids is 1. The predicted octanol–water partition coefficient (Wildman–Crippen LogP) is 4.69. The summed E-state index contributed by atoms with van der Waals surface area (Å²) in [5, 5.41) is 8.73. The number of benzene rings is 2. The first-order chi connectivity index (χ1) is 19.0. The van der Waals surface area contributed by atoms with Crippen molar-refractivity contribution in [3.05, 3.63) is 123 Å². The SMILES string of the molecule is Cc1nn2cccnc2c1C(=O)N[C@@H](C)c1cc2cccc(C#Cc3cncs3)c2c(=O)n1-c1ccccc1. The first-order valence-electron chi connectivity index (χ1n) is 12.3. The lowest BCUT2D eigenvalue weighted by Gasteiger charge is -2.21. The topological polar surface area (TPSA) is 94.2 Å². The van der Waals surface area contributed by atoms with Gasteiger partial charge in [-0.1, -0.05) is 36.3 Å². The van der Waals surface area contributed by atoms with Crippen LogP contribution in [-0.4, -0.2) is 30.1 Å². The average molecular weight is 531 g/mol. The van der Waals surface area contributed by atoms with Crippen molar-refractivity contribution in [3.63, 3.8) is 0 Å². The predicted molar refractivity (Wildman–Crippen MR) is 151 cm³/mol. The Morgan fingerprint density at radius 3 is 2.72 bits per heavy atom. The number of hydrogen-bond donors (Lipinski definition) is 1. The quantitative estimate of drug-likeness (QED) is 0.334. The maximum absolute atomic E-state index is 14.1. The Balaban J connectivity index is 1.48. The summed E-state index contributed by atoms with van der Waals surface area (Å²) in [6, 6.07) is 18.2. The summed E-state index contributed by atoms with van der Waals surface area (Å²) < 4.78 is 3.23. The van der Waals surface area contributed by atoms with Crippen LogP contribution in [0.3, 0.4) is 0 Å². The standard InChI is InChI=1S/C30H22N6O2S/c1-19(33-29(37)26-20(2)34-35-15-7-14-32-28(26)35)25-16-22-9-6-8-21(12-13-24-17-31-18-39-24)27(22)30(38)36(25)23-10-4-3-5-11-23/h3-11,14-19H,1-2H3,(H,33,37)/t19-/m0/s1. The van der Waals surface area contributed by atoms with E-state index in [1.165, 1.54) is 11.3 Å². The molecular formula is C30H22N6O2S. The van der Waals surface area contributed by atoms with Crippen LogP contribution in [0.2, 0.25) is 0 Å². The van der Waals surface area contributed by atoms with E-state index in [1.54, 1.807) is 46.2 Å². The second-order valence-electron chi connectivity index (χ2n) is 8.97. The molecule has 6 rings (SSSR count). The smallest absolute Gasteiger partial charge is 0.264 e. The highest BCUT2D eigenvalue weighted by molar-refractivity contribution is 7.10. The minimum atomic E-state index is -0.514. The third-order valence-corrected chi connectivity index (χ3v) is 7.12. The van der Waals surface area contributed by atoms with Gasteiger partial charge in [-0.2, -0.15) is 5.10 Å². The molecule has 39 heavy (non-hydrogen) atoms. The van der Waals surface area contributed by atoms with Crippen LogP contribution in [0.15, 0.2) is 89.6 Å². The van der Waals surface area contributed by atoms with Crippen LogP contribution in [0.25, 0.3) is 22.1 Å². The number of aryl methyl sites for hydroxylation is 1. The summed E-state index contributed by atoms with van der Waals surface area (Å²) in [5.41, 5.74) is 4.93. The lowest BCUT2D eigenvalue weighted by Crippen LogP contribution is -2.32. The molecule has 1 amide bonds. The molecule has 9 heteroatoms. The highest BCUT2D eigenvalue weighted by atomic mass is 32.1. The molecule has 1 N–H and O–H groups in total. The van der Waals surface area contributed by atoms with Crippen molar-refractivity contribution in [1.82, 2.24) is 29.5 Å². The molecule has 4 heterocycles. The number of fused-ring (bicyclic) bond motifs is 2. The molecule has 0 aliphatic rings. The van der Waals surface area contributed by atoms with Crippen LogP contribution in [0.1, 0.15) is 45.2 Å². The molecule has 0 bridgehead atoms. The fraction of sp³-hybridized carbons (Fsp3) is 0.100.